The molecule has 0 atom stereocenters. The number of carbonyl (C=O) groups is 1. The van der Waals surface area contributed by atoms with Crippen LogP contribution in [0, 0.1) is 0 Å². The van der Waals surface area contributed by atoms with E-state index in [1.165, 1.54) is 18.4 Å². The number of thiophene rings is 1. The van der Waals surface area contributed by atoms with E-state index in [1.54, 1.807) is 29.1 Å². The lowest BCUT2D eigenvalue weighted by Gasteiger charge is -2.09. The highest BCUT2D eigenvalue weighted by atomic mass is 35.5. The van der Waals surface area contributed by atoms with Crippen molar-refractivity contribution in [1.29, 1.82) is 0 Å². The number of hydrogen-bond donors (Lipinski definition) is 2. The van der Waals surface area contributed by atoms with Gasteiger partial charge >= 0.3 is 5.97 Å². The van der Waals surface area contributed by atoms with Crippen LogP contribution in [0.2, 0.25) is 20.1 Å². The quantitative estimate of drug-likeness (QED) is 0.197. The van der Waals surface area contributed by atoms with E-state index < -0.39 is 5.97 Å². The first-order chi connectivity index (χ1) is 15.7. The Bertz CT molecular complexity index is 1390. The van der Waals surface area contributed by atoms with Crippen molar-refractivity contribution in [2.75, 3.05) is 17.7 Å². The van der Waals surface area contributed by atoms with Gasteiger partial charge in [0.25, 0.3) is 0 Å². The van der Waals surface area contributed by atoms with E-state index in [0.29, 0.717) is 48.1 Å². The lowest BCUT2D eigenvalue weighted by molar-refractivity contribution is 0.0606. The molecule has 0 saturated heterocycles. The molecule has 6 nitrogen and oxygen atoms in total. The van der Waals surface area contributed by atoms with Gasteiger partial charge in [-0.25, -0.2) is 4.79 Å². The predicted molar refractivity (Wildman–Crippen MR) is 141 cm³/mol. The fourth-order valence-electron chi connectivity index (χ4n) is 3.02. The van der Waals surface area contributed by atoms with Gasteiger partial charge in [0.2, 0.25) is 0 Å². The molecule has 33 heavy (non-hydrogen) atoms. The number of nitrogens with one attached hydrogen (secondary N) is 2. The average molecular weight is 560 g/mol. The van der Waals surface area contributed by atoms with Crippen LogP contribution < -0.4 is 10.6 Å². The molecule has 0 radical (unpaired) electrons. The summed E-state index contributed by atoms with van der Waals surface area (Å²) in [7, 11) is 1.32. The molecule has 0 saturated carbocycles. The van der Waals surface area contributed by atoms with Gasteiger partial charge in [0.1, 0.15) is 9.90 Å². The topological polar surface area (TPSA) is 68.2 Å². The smallest absolute Gasteiger partial charge is 0.349 e. The Hall–Kier alpha value is -2.07. The summed E-state index contributed by atoms with van der Waals surface area (Å²) in [6, 6.07) is 10.7. The van der Waals surface area contributed by atoms with Gasteiger partial charge in [0.15, 0.2) is 10.9 Å². The summed E-state index contributed by atoms with van der Waals surface area (Å²) in [6.07, 6.45) is 1.67. The van der Waals surface area contributed by atoms with Crippen molar-refractivity contribution in [2.45, 2.75) is 6.54 Å². The van der Waals surface area contributed by atoms with Crippen LogP contribution in [0.4, 0.5) is 11.5 Å². The number of benzene rings is 2. The van der Waals surface area contributed by atoms with Crippen LogP contribution in [0.1, 0.15) is 15.2 Å². The van der Waals surface area contributed by atoms with Gasteiger partial charge in [0, 0.05) is 32.0 Å². The van der Waals surface area contributed by atoms with E-state index in [0.717, 1.165) is 15.6 Å². The summed E-state index contributed by atoms with van der Waals surface area (Å²) in [4.78, 5) is 12.2. The first kappa shape index (κ1) is 24.1. The maximum Gasteiger partial charge on any atom is 0.349 e. The minimum absolute atomic E-state index is 0.293. The van der Waals surface area contributed by atoms with Gasteiger partial charge in [-0.05, 0) is 48.1 Å². The lowest BCUT2D eigenvalue weighted by Crippen LogP contribution is -2.19. The number of anilines is 2. The van der Waals surface area contributed by atoms with Gasteiger partial charge in [-0.1, -0.05) is 52.5 Å². The molecule has 170 valence electrons. The van der Waals surface area contributed by atoms with Crippen molar-refractivity contribution in [3.05, 3.63) is 73.1 Å². The van der Waals surface area contributed by atoms with Crippen molar-refractivity contribution in [2.24, 2.45) is 0 Å². The fraction of sp³-hybridized carbons (Fsp3) is 0.0952. The fourth-order valence-corrected chi connectivity index (χ4v) is 5.37. The molecule has 0 aliphatic rings. The SMILES string of the molecule is COC(=O)c1sc2cc(NC(=S)Nc3nn(Cc4ccc(Cl)cc4Cl)cc3Cl)ccc2c1Cl. The monoisotopic (exact) mass is 558 g/mol. The van der Waals surface area contributed by atoms with Crippen LogP contribution in [0.5, 0.6) is 0 Å². The van der Waals surface area contributed by atoms with Gasteiger partial charge in [-0.2, -0.15) is 5.10 Å². The molecular weight excluding hydrogens is 546 g/mol. The summed E-state index contributed by atoms with van der Waals surface area (Å²) in [5.41, 5.74) is 1.56. The maximum absolute atomic E-state index is 11.9. The Morgan fingerprint density at radius 2 is 1.91 bits per heavy atom. The summed E-state index contributed by atoms with van der Waals surface area (Å²) in [5, 5.41) is 13.4. The predicted octanol–water partition coefficient (Wildman–Crippen LogP) is 7.36. The number of nitrogens with zero attached hydrogens (tertiary/aromatic N) is 2. The highest BCUT2D eigenvalue weighted by molar-refractivity contribution is 7.80. The number of aromatic nitrogens is 2. The molecule has 2 N–H and O–H groups in total. The Kier molecular flexibility index (Phi) is 7.33. The molecule has 0 fully saturated rings. The summed E-state index contributed by atoms with van der Waals surface area (Å²) >= 11 is 31.5. The van der Waals surface area contributed by atoms with E-state index >= 15 is 0 Å². The first-order valence-electron chi connectivity index (χ1n) is 9.30. The van der Waals surface area contributed by atoms with Crippen molar-refractivity contribution >= 4 is 103 Å². The number of halogens is 4. The zero-order chi connectivity index (χ0) is 23.7. The molecule has 0 unspecified atom stereocenters. The second-order valence-corrected chi connectivity index (χ2v) is 9.88. The van der Waals surface area contributed by atoms with E-state index in [1.807, 2.05) is 18.2 Å². The molecule has 0 aliphatic heterocycles. The number of esters is 1. The van der Waals surface area contributed by atoms with Crippen molar-refractivity contribution in [3.8, 4) is 0 Å². The van der Waals surface area contributed by atoms with Gasteiger partial charge in [-0.15, -0.1) is 11.3 Å². The van der Waals surface area contributed by atoms with Crippen molar-refractivity contribution in [3.63, 3.8) is 0 Å². The van der Waals surface area contributed by atoms with Crippen LogP contribution in [0.3, 0.4) is 0 Å². The van der Waals surface area contributed by atoms with Gasteiger partial charge in [-0.3, -0.25) is 4.68 Å². The zero-order valence-electron chi connectivity index (χ0n) is 16.8. The molecule has 0 spiro atoms. The first-order valence-corrected chi connectivity index (χ1v) is 12.0. The number of rotatable bonds is 5. The lowest BCUT2D eigenvalue weighted by atomic mass is 10.2. The largest absolute Gasteiger partial charge is 0.465 e. The number of carbonyl (C=O) groups excluding carboxylic acids is 1. The third-order valence-corrected chi connectivity index (χ3v) is 7.26. The minimum Gasteiger partial charge on any atom is -0.465 e. The number of ether oxygens (including phenoxy) is 1. The van der Waals surface area contributed by atoms with Crippen molar-refractivity contribution in [1.82, 2.24) is 9.78 Å². The average Bonchev–Trinajstić information content (AvgIpc) is 3.28. The summed E-state index contributed by atoms with van der Waals surface area (Å²) < 4.78 is 7.24. The minimum atomic E-state index is -0.474. The van der Waals surface area contributed by atoms with E-state index in [2.05, 4.69) is 15.7 Å². The third kappa shape index (κ3) is 5.37. The maximum atomic E-state index is 11.9. The van der Waals surface area contributed by atoms with Crippen LogP contribution in [-0.4, -0.2) is 28.0 Å². The molecule has 0 aliphatic carbocycles. The Balaban J connectivity index is 1.46. The van der Waals surface area contributed by atoms with Crippen LogP contribution >= 0.6 is 70.0 Å². The molecule has 4 rings (SSSR count). The standard InChI is InChI=1S/C21H14Cl4N4O2S2/c1-31-20(30)18-17(25)13-5-4-12(7-16(13)33-18)26-21(32)27-19-15(24)9-29(28-19)8-10-2-3-11(22)6-14(10)23/h2-7,9H,8H2,1H3,(H2,26,27,28,32). The zero-order valence-corrected chi connectivity index (χ0v) is 21.4. The molecule has 0 amide bonds. The second-order valence-electron chi connectivity index (χ2n) is 6.79. The van der Waals surface area contributed by atoms with E-state index in [9.17, 15) is 4.79 Å². The van der Waals surface area contributed by atoms with Crippen LogP contribution in [-0.2, 0) is 11.3 Å². The Morgan fingerprint density at radius 3 is 2.64 bits per heavy atom. The molecular formula is C21H14Cl4N4O2S2. The number of hydrogen-bond acceptors (Lipinski definition) is 5. The third-order valence-electron chi connectivity index (χ3n) is 4.55. The van der Waals surface area contributed by atoms with Crippen LogP contribution in [0.15, 0.2) is 42.6 Å². The molecule has 2 heterocycles. The van der Waals surface area contributed by atoms with E-state index in [4.69, 9.17) is 63.4 Å². The molecule has 0 bridgehead atoms. The second kappa shape index (κ2) is 10.0. The highest BCUT2D eigenvalue weighted by Crippen LogP contribution is 2.37. The summed E-state index contributed by atoms with van der Waals surface area (Å²) in [5.74, 6) is -0.0783. The van der Waals surface area contributed by atoms with Crippen LogP contribution in [0.25, 0.3) is 10.1 Å². The van der Waals surface area contributed by atoms with Crippen molar-refractivity contribution < 1.29 is 9.53 Å². The highest BCUT2D eigenvalue weighted by Gasteiger charge is 2.18. The number of fused-ring (bicyclic) bond motifs is 1. The Labute approximate surface area is 218 Å². The van der Waals surface area contributed by atoms with Gasteiger partial charge in [0.05, 0.1) is 18.7 Å². The molecule has 2 aromatic carbocycles. The number of methoxy groups -OCH3 is 1. The molecule has 4 aromatic rings. The van der Waals surface area contributed by atoms with E-state index in [-0.39, 0.29) is 0 Å². The summed E-state index contributed by atoms with van der Waals surface area (Å²) in [6.45, 7) is 0.413. The van der Waals surface area contributed by atoms with Gasteiger partial charge < -0.3 is 15.4 Å². The Morgan fingerprint density at radius 1 is 1.12 bits per heavy atom. The molecule has 12 heteroatoms. The molecule has 2 aromatic heterocycles. The normalized spacial score (nSPS) is 10.9. The number of thiocarbonyl (C=S) groups is 1.